The van der Waals surface area contributed by atoms with Crippen molar-refractivity contribution in [1.29, 1.82) is 0 Å². The molecule has 5 rings (SSSR count). The van der Waals surface area contributed by atoms with Gasteiger partial charge >= 0.3 is 0 Å². The number of rotatable bonds is 4. The minimum Gasteiger partial charge on any atom is -0.381 e. The van der Waals surface area contributed by atoms with Gasteiger partial charge in [-0.3, -0.25) is 4.79 Å². The smallest absolute Gasteiger partial charge is 0.270 e. The monoisotopic (exact) mass is 457 g/mol. The number of aromatic amines is 1. The number of nitrogens with one attached hydrogen (secondary N) is 2. The molecule has 0 bridgehead atoms. The van der Waals surface area contributed by atoms with E-state index in [9.17, 15) is 14.3 Å². The first-order valence-corrected chi connectivity index (χ1v) is 11.1. The summed E-state index contributed by atoms with van der Waals surface area (Å²) in [5.41, 5.74) is 4.49. The maximum Gasteiger partial charge on any atom is 0.270 e. The maximum atomic E-state index is 14.1. The van der Waals surface area contributed by atoms with Gasteiger partial charge in [-0.15, -0.1) is 0 Å². The number of imidazole rings is 1. The zero-order chi connectivity index (χ0) is 23.8. The standard InChI is InChI=1S/C26H24FN5O2/c1-15-9-17(8-7-16(2)33)10-22(29-15)26(34)31-24(21-11-18-5-3-4-6-20(18)30-21)25-23-12-19(27)13-32(23)14-28-25/h3-6,9-11,14,16,19,24,30,33H,12-13H2,1-2H3,(H,31,34)/t16-,19-,24?/m1/s1. The van der Waals surface area contributed by atoms with E-state index in [1.54, 1.807) is 36.9 Å². The molecule has 3 aromatic heterocycles. The molecule has 0 saturated heterocycles. The van der Waals surface area contributed by atoms with Crippen LogP contribution in [0.25, 0.3) is 10.9 Å². The van der Waals surface area contributed by atoms with Crippen LogP contribution in [0, 0.1) is 18.8 Å². The minimum absolute atomic E-state index is 0.204. The average molecular weight is 458 g/mol. The molecule has 4 heterocycles. The van der Waals surface area contributed by atoms with Gasteiger partial charge in [-0.2, -0.15) is 0 Å². The highest BCUT2D eigenvalue weighted by atomic mass is 19.1. The molecule has 0 aliphatic carbocycles. The van der Waals surface area contributed by atoms with Crippen LogP contribution in [0.5, 0.6) is 0 Å². The number of hydrogen-bond acceptors (Lipinski definition) is 4. The van der Waals surface area contributed by atoms with Gasteiger partial charge in [-0.1, -0.05) is 30.0 Å². The lowest BCUT2D eigenvalue weighted by atomic mass is 10.1. The van der Waals surface area contributed by atoms with E-state index in [4.69, 9.17) is 0 Å². The minimum atomic E-state index is -0.968. The van der Waals surface area contributed by atoms with Crippen molar-refractivity contribution >= 4 is 16.8 Å². The summed E-state index contributed by atoms with van der Waals surface area (Å²) < 4.78 is 15.9. The van der Waals surface area contributed by atoms with E-state index in [1.807, 2.05) is 30.3 Å². The highest BCUT2D eigenvalue weighted by molar-refractivity contribution is 5.93. The van der Waals surface area contributed by atoms with Crippen molar-refractivity contribution < 1.29 is 14.3 Å². The van der Waals surface area contributed by atoms with Gasteiger partial charge in [0.15, 0.2) is 0 Å². The number of aromatic nitrogens is 4. The molecule has 4 aromatic rings. The Balaban J connectivity index is 1.53. The number of carbonyl (C=O) groups is 1. The van der Waals surface area contributed by atoms with E-state index < -0.39 is 24.2 Å². The molecular formula is C26H24FN5O2. The van der Waals surface area contributed by atoms with Gasteiger partial charge < -0.3 is 20.0 Å². The molecule has 1 aromatic carbocycles. The molecule has 8 heteroatoms. The van der Waals surface area contributed by atoms with Crippen molar-refractivity contribution in [3.63, 3.8) is 0 Å². The number of alkyl halides is 1. The van der Waals surface area contributed by atoms with Crippen LogP contribution in [-0.2, 0) is 13.0 Å². The van der Waals surface area contributed by atoms with Crippen molar-refractivity contribution in [2.75, 3.05) is 0 Å². The van der Waals surface area contributed by atoms with Gasteiger partial charge in [0.1, 0.15) is 24.0 Å². The van der Waals surface area contributed by atoms with Crippen LogP contribution >= 0.6 is 0 Å². The molecule has 0 spiro atoms. The number of para-hydroxylation sites is 1. The summed E-state index contributed by atoms with van der Waals surface area (Å²) in [5.74, 6) is 5.15. The number of amides is 1. The summed E-state index contributed by atoms with van der Waals surface area (Å²) in [6, 6.07) is 12.5. The molecule has 1 unspecified atom stereocenters. The molecule has 0 fully saturated rings. The summed E-state index contributed by atoms with van der Waals surface area (Å²) in [6.45, 7) is 3.62. The maximum absolute atomic E-state index is 14.1. The van der Waals surface area contributed by atoms with E-state index in [0.29, 0.717) is 17.0 Å². The lowest BCUT2D eigenvalue weighted by molar-refractivity contribution is 0.0936. The Morgan fingerprint density at radius 1 is 1.32 bits per heavy atom. The predicted octanol–water partition coefficient (Wildman–Crippen LogP) is 3.21. The molecule has 3 atom stereocenters. The Morgan fingerprint density at radius 3 is 2.94 bits per heavy atom. The Morgan fingerprint density at radius 2 is 2.15 bits per heavy atom. The molecule has 1 aliphatic heterocycles. The number of carbonyl (C=O) groups excluding carboxylic acids is 1. The van der Waals surface area contributed by atoms with Gasteiger partial charge in [-0.05, 0) is 43.5 Å². The third kappa shape index (κ3) is 4.30. The number of hydrogen-bond donors (Lipinski definition) is 3. The lowest BCUT2D eigenvalue weighted by Crippen LogP contribution is -2.31. The third-order valence-electron chi connectivity index (χ3n) is 5.81. The van der Waals surface area contributed by atoms with Crippen LogP contribution in [0.15, 0.2) is 48.8 Å². The molecule has 7 nitrogen and oxygen atoms in total. The third-order valence-corrected chi connectivity index (χ3v) is 5.81. The van der Waals surface area contributed by atoms with Crippen LogP contribution in [-0.4, -0.2) is 42.8 Å². The van der Waals surface area contributed by atoms with E-state index >= 15 is 0 Å². The molecule has 3 N–H and O–H groups in total. The van der Waals surface area contributed by atoms with E-state index in [-0.39, 0.29) is 18.7 Å². The van der Waals surface area contributed by atoms with Crippen molar-refractivity contribution in [3.05, 3.63) is 82.8 Å². The van der Waals surface area contributed by atoms with E-state index in [1.165, 1.54) is 0 Å². The van der Waals surface area contributed by atoms with Crippen molar-refractivity contribution in [2.24, 2.45) is 0 Å². The Kier molecular flexibility index (Phi) is 5.64. The number of benzene rings is 1. The first-order valence-electron chi connectivity index (χ1n) is 11.1. The summed E-state index contributed by atoms with van der Waals surface area (Å²) >= 11 is 0. The zero-order valence-electron chi connectivity index (χ0n) is 18.8. The van der Waals surface area contributed by atoms with Crippen LogP contribution in [0.3, 0.4) is 0 Å². The summed E-state index contributed by atoms with van der Waals surface area (Å²) in [5, 5.41) is 13.5. The van der Waals surface area contributed by atoms with Gasteiger partial charge in [0.2, 0.25) is 0 Å². The van der Waals surface area contributed by atoms with Crippen LogP contribution in [0.1, 0.15) is 51.8 Å². The topological polar surface area (TPSA) is 95.8 Å². The number of pyridine rings is 1. The predicted molar refractivity (Wildman–Crippen MR) is 126 cm³/mol. The van der Waals surface area contributed by atoms with Crippen LogP contribution in [0.4, 0.5) is 4.39 Å². The molecular weight excluding hydrogens is 433 g/mol. The van der Waals surface area contributed by atoms with E-state index in [0.717, 1.165) is 22.3 Å². The number of nitrogens with zero attached hydrogens (tertiary/aromatic N) is 3. The average Bonchev–Trinajstić information content (AvgIpc) is 3.49. The molecule has 172 valence electrons. The number of halogens is 1. The van der Waals surface area contributed by atoms with Crippen LogP contribution in [0.2, 0.25) is 0 Å². The molecule has 0 radical (unpaired) electrons. The highest BCUT2D eigenvalue weighted by Gasteiger charge is 2.31. The fraction of sp³-hybridized carbons (Fsp3) is 0.269. The van der Waals surface area contributed by atoms with Crippen LogP contribution < -0.4 is 5.32 Å². The van der Waals surface area contributed by atoms with Crippen molar-refractivity contribution in [1.82, 2.24) is 24.8 Å². The number of aliphatic hydroxyl groups excluding tert-OH is 1. The highest BCUT2D eigenvalue weighted by Crippen LogP contribution is 2.30. The quantitative estimate of drug-likeness (QED) is 0.410. The number of aliphatic hydroxyl groups is 1. The van der Waals surface area contributed by atoms with Gasteiger partial charge in [-0.25, -0.2) is 14.4 Å². The van der Waals surface area contributed by atoms with Crippen molar-refractivity contribution in [3.8, 4) is 11.8 Å². The molecule has 34 heavy (non-hydrogen) atoms. The second-order valence-corrected chi connectivity index (χ2v) is 8.58. The first-order chi connectivity index (χ1) is 16.4. The fourth-order valence-electron chi connectivity index (χ4n) is 4.33. The van der Waals surface area contributed by atoms with Gasteiger partial charge in [0.05, 0.1) is 18.6 Å². The first kappa shape index (κ1) is 21.9. The molecule has 1 aliphatic rings. The Hall–Kier alpha value is -3.96. The largest absolute Gasteiger partial charge is 0.381 e. The summed E-state index contributed by atoms with van der Waals surface area (Å²) in [6.07, 6.45) is 0.133. The van der Waals surface area contributed by atoms with Gasteiger partial charge in [0, 0.05) is 34.6 Å². The second-order valence-electron chi connectivity index (χ2n) is 8.58. The SMILES string of the molecule is Cc1cc(C#C[C@@H](C)O)cc(C(=O)NC(c2cc3ccccc3[nH]2)c2ncn3c2C[C@@H](F)C3)n1. The molecule has 1 amide bonds. The van der Waals surface area contributed by atoms with E-state index in [2.05, 4.69) is 32.1 Å². The molecule has 0 saturated carbocycles. The zero-order valence-corrected chi connectivity index (χ0v) is 18.8. The number of fused-ring (bicyclic) bond motifs is 2. The van der Waals surface area contributed by atoms with Gasteiger partial charge in [0.25, 0.3) is 5.91 Å². The number of aryl methyl sites for hydroxylation is 1. The van der Waals surface area contributed by atoms with Crippen molar-refractivity contribution in [2.45, 2.75) is 45.1 Å². The lowest BCUT2D eigenvalue weighted by Gasteiger charge is -2.17. The summed E-state index contributed by atoms with van der Waals surface area (Å²) in [4.78, 5) is 25.6. The second kappa shape index (κ2) is 8.76. The fourth-order valence-corrected chi connectivity index (χ4v) is 4.33. The Bertz CT molecular complexity index is 1410. The Labute approximate surface area is 196 Å². The normalized spacial score (nSPS) is 16.5. The number of H-pyrrole nitrogens is 1. The summed E-state index contributed by atoms with van der Waals surface area (Å²) in [7, 11) is 0.